The van der Waals surface area contributed by atoms with E-state index in [0.717, 1.165) is 30.7 Å². The summed E-state index contributed by atoms with van der Waals surface area (Å²) in [6.45, 7) is 4.31. The highest BCUT2D eigenvalue weighted by atomic mass is 16.5. The minimum atomic E-state index is -0.0929. The van der Waals surface area contributed by atoms with Crippen LogP contribution in [0.2, 0.25) is 0 Å². The van der Waals surface area contributed by atoms with Crippen LogP contribution in [-0.4, -0.2) is 12.5 Å². The first-order chi connectivity index (χ1) is 12.0. The Hall–Kier alpha value is -2.49. The van der Waals surface area contributed by atoms with Crippen LogP contribution < -0.4 is 15.8 Å². The smallest absolute Gasteiger partial charge is 0.258 e. The summed E-state index contributed by atoms with van der Waals surface area (Å²) in [6.07, 6.45) is 3.02. The van der Waals surface area contributed by atoms with Crippen molar-refractivity contribution in [3.63, 3.8) is 0 Å². The first kappa shape index (κ1) is 17.3. The number of benzene rings is 2. The Morgan fingerprint density at radius 3 is 2.92 bits per heavy atom. The third kappa shape index (κ3) is 4.32. The Labute approximate surface area is 149 Å². The minimum absolute atomic E-state index is 0.0301. The Kier molecular flexibility index (Phi) is 5.27. The molecule has 1 amide bonds. The molecule has 25 heavy (non-hydrogen) atoms. The predicted octanol–water partition coefficient (Wildman–Crippen LogP) is 3.96. The molecule has 0 aromatic heterocycles. The summed E-state index contributed by atoms with van der Waals surface area (Å²) in [5.41, 5.74) is 10.3. The van der Waals surface area contributed by atoms with Crippen LogP contribution in [0.15, 0.2) is 42.5 Å². The van der Waals surface area contributed by atoms with Crippen molar-refractivity contribution in [1.29, 1.82) is 0 Å². The number of nitrogens with two attached hydrogens (primary N) is 1. The average Bonchev–Trinajstić information content (AvgIpc) is 2.60. The first-order valence-corrected chi connectivity index (χ1v) is 8.93. The van der Waals surface area contributed by atoms with E-state index in [1.807, 2.05) is 36.4 Å². The lowest BCUT2D eigenvalue weighted by molar-refractivity contribution is -0.123. The number of carbonyl (C=O) groups excluding carboxylic acids is 1. The molecule has 2 aromatic carbocycles. The van der Waals surface area contributed by atoms with Crippen LogP contribution >= 0.6 is 0 Å². The normalized spacial score (nSPS) is 16.4. The van der Waals surface area contributed by atoms with Gasteiger partial charge in [-0.3, -0.25) is 4.79 Å². The number of nitrogen functional groups attached to an aromatic ring is 1. The number of anilines is 1. The standard InChI is InChI=1S/C21H26N2O2/c1-14(2)15-5-3-7-18(12-15)25-13-21(24)23-20-8-4-6-16-11-17(22)9-10-19(16)20/h3,5,7,9-12,14,20H,4,6,8,13,22H2,1-2H3,(H,23,24). The van der Waals surface area contributed by atoms with Gasteiger partial charge < -0.3 is 15.8 Å². The monoisotopic (exact) mass is 338 g/mol. The van der Waals surface area contributed by atoms with Crippen molar-refractivity contribution in [3.8, 4) is 5.75 Å². The molecule has 1 unspecified atom stereocenters. The summed E-state index contributed by atoms with van der Waals surface area (Å²) < 4.78 is 5.68. The second kappa shape index (κ2) is 7.60. The zero-order valence-electron chi connectivity index (χ0n) is 14.9. The molecule has 1 aliphatic carbocycles. The fourth-order valence-corrected chi connectivity index (χ4v) is 3.33. The molecule has 3 rings (SSSR count). The molecule has 2 aromatic rings. The fourth-order valence-electron chi connectivity index (χ4n) is 3.33. The largest absolute Gasteiger partial charge is 0.484 e. The van der Waals surface area contributed by atoms with Gasteiger partial charge in [0.1, 0.15) is 5.75 Å². The zero-order valence-corrected chi connectivity index (χ0v) is 14.9. The number of carbonyl (C=O) groups is 1. The lowest BCUT2D eigenvalue weighted by Gasteiger charge is -2.26. The Balaban J connectivity index is 1.60. The zero-order chi connectivity index (χ0) is 17.8. The van der Waals surface area contributed by atoms with Gasteiger partial charge in [-0.05, 0) is 66.1 Å². The van der Waals surface area contributed by atoms with Crippen LogP contribution in [0.5, 0.6) is 5.75 Å². The summed E-state index contributed by atoms with van der Waals surface area (Å²) in [5, 5.41) is 3.10. The van der Waals surface area contributed by atoms with Gasteiger partial charge in [-0.1, -0.05) is 32.0 Å². The quantitative estimate of drug-likeness (QED) is 0.811. The van der Waals surface area contributed by atoms with E-state index in [0.29, 0.717) is 5.92 Å². The van der Waals surface area contributed by atoms with Crippen LogP contribution in [0.1, 0.15) is 55.3 Å². The van der Waals surface area contributed by atoms with Crippen molar-refractivity contribution in [2.45, 2.75) is 45.1 Å². The third-order valence-corrected chi connectivity index (χ3v) is 4.71. The molecule has 4 heteroatoms. The van der Waals surface area contributed by atoms with E-state index in [-0.39, 0.29) is 18.6 Å². The van der Waals surface area contributed by atoms with E-state index in [2.05, 4.69) is 25.2 Å². The van der Waals surface area contributed by atoms with Crippen molar-refractivity contribution >= 4 is 11.6 Å². The van der Waals surface area contributed by atoms with E-state index >= 15 is 0 Å². The summed E-state index contributed by atoms with van der Waals surface area (Å²) >= 11 is 0. The van der Waals surface area contributed by atoms with E-state index < -0.39 is 0 Å². The van der Waals surface area contributed by atoms with E-state index in [9.17, 15) is 4.79 Å². The van der Waals surface area contributed by atoms with Crippen LogP contribution in [-0.2, 0) is 11.2 Å². The highest BCUT2D eigenvalue weighted by Crippen LogP contribution is 2.31. The van der Waals surface area contributed by atoms with Gasteiger partial charge in [-0.2, -0.15) is 0 Å². The number of fused-ring (bicyclic) bond motifs is 1. The summed E-state index contributed by atoms with van der Waals surface area (Å²) in [5.74, 6) is 1.08. The Morgan fingerprint density at radius 1 is 1.28 bits per heavy atom. The van der Waals surface area contributed by atoms with E-state index in [1.54, 1.807) is 0 Å². The van der Waals surface area contributed by atoms with Crippen LogP contribution in [0.3, 0.4) is 0 Å². The molecule has 0 fully saturated rings. The lowest BCUT2D eigenvalue weighted by Crippen LogP contribution is -2.34. The molecule has 3 N–H and O–H groups in total. The van der Waals surface area contributed by atoms with Gasteiger partial charge in [-0.25, -0.2) is 0 Å². The SMILES string of the molecule is CC(C)c1cccc(OCC(=O)NC2CCCc3cc(N)ccc32)c1. The third-order valence-electron chi connectivity index (χ3n) is 4.71. The van der Waals surface area contributed by atoms with Crippen LogP contribution in [0, 0.1) is 0 Å². The molecule has 132 valence electrons. The minimum Gasteiger partial charge on any atom is -0.484 e. The number of ether oxygens (including phenoxy) is 1. The Bertz CT molecular complexity index is 755. The van der Waals surface area contributed by atoms with Crippen molar-refractivity contribution in [1.82, 2.24) is 5.32 Å². The van der Waals surface area contributed by atoms with Crippen molar-refractivity contribution in [2.75, 3.05) is 12.3 Å². The fraction of sp³-hybridized carbons (Fsp3) is 0.381. The second-order valence-corrected chi connectivity index (χ2v) is 6.99. The number of rotatable bonds is 5. The molecular formula is C21H26N2O2. The maximum atomic E-state index is 12.3. The molecule has 0 saturated heterocycles. The molecule has 0 spiro atoms. The predicted molar refractivity (Wildman–Crippen MR) is 101 cm³/mol. The molecule has 0 aliphatic heterocycles. The maximum absolute atomic E-state index is 12.3. The van der Waals surface area contributed by atoms with Crippen molar-refractivity contribution in [2.24, 2.45) is 0 Å². The first-order valence-electron chi connectivity index (χ1n) is 8.93. The Morgan fingerprint density at radius 2 is 2.12 bits per heavy atom. The molecule has 1 aliphatic rings. The highest BCUT2D eigenvalue weighted by Gasteiger charge is 2.22. The number of aryl methyl sites for hydroxylation is 1. The van der Waals surface area contributed by atoms with Gasteiger partial charge in [0, 0.05) is 5.69 Å². The summed E-state index contributed by atoms with van der Waals surface area (Å²) in [7, 11) is 0. The molecule has 0 bridgehead atoms. The lowest BCUT2D eigenvalue weighted by atomic mass is 9.87. The van der Waals surface area contributed by atoms with Gasteiger partial charge in [0.25, 0.3) is 5.91 Å². The number of hydrogen-bond acceptors (Lipinski definition) is 3. The number of amides is 1. The van der Waals surface area contributed by atoms with Gasteiger partial charge in [0.2, 0.25) is 0 Å². The average molecular weight is 338 g/mol. The molecule has 1 atom stereocenters. The topological polar surface area (TPSA) is 64.3 Å². The van der Waals surface area contributed by atoms with E-state index in [4.69, 9.17) is 10.5 Å². The number of nitrogens with one attached hydrogen (secondary N) is 1. The summed E-state index contributed by atoms with van der Waals surface area (Å²) in [6, 6.07) is 13.9. The van der Waals surface area contributed by atoms with E-state index in [1.165, 1.54) is 16.7 Å². The van der Waals surface area contributed by atoms with Crippen molar-refractivity contribution in [3.05, 3.63) is 59.2 Å². The molecule has 4 nitrogen and oxygen atoms in total. The molecule has 0 heterocycles. The van der Waals surface area contributed by atoms with Crippen LogP contribution in [0.25, 0.3) is 0 Å². The number of hydrogen-bond donors (Lipinski definition) is 2. The van der Waals surface area contributed by atoms with Crippen LogP contribution in [0.4, 0.5) is 5.69 Å². The summed E-state index contributed by atoms with van der Waals surface area (Å²) in [4.78, 5) is 12.3. The van der Waals surface area contributed by atoms with Gasteiger partial charge >= 0.3 is 0 Å². The van der Waals surface area contributed by atoms with Gasteiger partial charge in [-0.15, -0.1) is 0 Å². The second-order valence-electron chi connectivity index (χ2n) is 6.99. The highest BCUT2D eigenvalue weighted by molar-refractivity contribution is 5.78. The van der Waals surface area contributed by atoms with Gasteiger partial charge in [0.05, 0.1) is 6.04 Å². The molecule has 0 saturated carbocycles. The maximum Gasteiger partial charge on any atom is 0.258 e. The van der Waals surface area contributed by atoms with Gasteiger partial charge in [0.15, 0.2) is 6.61 Å². The molecular weight excluding hydrogens is 312 g/mol. The van der Waals surface area contributed by atoms with Crippen molar-refractivity contribution < 1.29 is 9.53 Å². The molecule has 0 radical (unpaired) electrons.